The Morgan fingerprint density at radius 1 is 1.33 bits per heavy atom. The molecule has 0 heterocycles. The first-order valence-electron chi connectivity index (χ1n) is 6.55. The van der Waals surface area contributed by atoms with Gasteiger partial charge in [0.15, 0.2) is 0 Å². The maximum Gasteiger partial charge on any atom is 0.143 e. The highest BCUT2D eigenvalue weighted by Crippen LogP contribution is 2.27. The van der Waals surface area contributed by atoms with E-state index in [0.29, 0.717) is 11.4 Å². The Morgan fingerprint density at radius 3 is 2.72 bits per heavy atom. The maximum atomic E-state index is 13.3. The number of nitrogen functional groups attached to an aromatic ring is 1. The predicted molar refractivity (Wildman–Crippen MR) is 77.7 cm³/mol. The summed E-state index contributed by atoms with van der Waals surface area (Å²) in [4.78, 5) is 0. The SMILES string of the molecule is CCCCCCC(C)Nc1cc(F)c(Cl)cc1N. The van der Waals surface area contributed by atoms with Gasteiger partial charge in [0.25, 0.3) is 0 Å². The van der Waals surface area contributed by atoms with E-state index in [1.807, 2.05) is 0 Å². The number of anilines is 2. The van der Waals surface area contributed by atoms with Crippen molar-refractivity contribution >= 4 is 23.0 Å². The first-order chi connectivity index (χ1) is 8.54. The van der Waals surface area contributed by atoms with E-state index in [2.05, 4.69) is 19.2 Å². The average molecular weight is 273 g/mol. The van der Waals surface area contributed by atoms with Gasteiger partial charge in [-0.1, -0.05) is 44.2 Å². The van der Waals surface area contributed by atoms with Crippen molar-refractivity contribution in [1.29, 1.82) is 0 Å². The normalized spacial score (nSPS) is 12.4. The van der Waals surface area contributed by atoms with Gasteiger partial charge in [-0.05, 0) is 19.4 Å². The maximum absolute atomic E-state index is 13.3. The molecule has 2 nitrogen and oxygen atoms in total. The van der Waals surface area contributed by atoms with Crippen LogP contribution in [0.3, 0.4) is 0 Å². The number of rotatable bonds is 7. The van der Waals surface area contributed by atoms with Gasteiger partial charge < -0.3 is 11.1 Å². The highest BCUT2D eigenvalue weighted by atomic mass is 35.5. The summed E-state index contributed by atoms with van der Waals surface area (Å²) < 4.78 is 13.3. The molecule has 0 aliphatic carbocycles. The smallest absolute Gasteiger partial charge is 0.143 e. The first kappa shape index (κ1) is 15.1. The molecule has 0 spiro atoms. The van der Waals surface area contributed by atoms with Gasteiger partial charge in [-0.2, -0.15) is 0 Å². The topological polar surface area (TPSA) is 38.0 Å². The number of nitrogens with one attached hydrogen (secondary N) is 1. The molecular formula is C14H22ClFN2. The van der Waals surface area contributed by atoms with Crippen LogP contribution in [0.1, 0.15) is 46.0 Å². The minimum atomic E-state index is -0.438. The van der Waals surface area contributed by atoms with E-state index in [-0.39, 0.29) is 11.1 Å². The molecule has 1 aromatic carbocycles. The fourth-order valence-corrected chi connectivity index (χ4v) is 2.07. The molecule has 0 aromatic heterocycles. The Morgan fingerprint density at radius 2 is 2.06 bits per heavy atom. The molecule has 0 amide bonds. The molecule has 0 saturated carbocycles. The van der Waals surface area contributed by atoms with Crippen LogP contribution in [0.4, 0.5) is 15.8 Å². The third-order valence-corrected chi connectivity index (χ3v) is 3.27. The zero-order valence-electron chi connectivity index (χ0n) is 11.1. The molecule has 0 radical (unpaired) electrons. The summed E-state index contributed by atoms with van der Waals surface area (Å²) in [6.07, 6.45) is 5.98. The lowest BCUT2D eigenvalue weighted by Gasteiger charge is -2.17. The van der Waals surface area contributed by atoms with Gasteiger partial charge in [-0.3, -0.25) is 0 Å². The Labute approximate surface area is 114 Å². The summed E-state index contributed by atoms with van der Waals surface area (Å²) >= 11 is 5.66. The summed E-state index contributed by atoms with van der Waals surface area (Å²) in [5.74, 6) is -0.438. The highest BCUT2D eigenvalue weighted by Gasteiger charge is 2.08. The average Bonchev–Trinajstić information content (AvgIpc) is 2.32. The molecule has 0 fully saturated rings. The van der Waals surface area contributed by atoms with Crippen LogP contribution in [0, 0.1) is 5.82 Å². The van der Waals surface area contributed by atoms with Crippen LogP contribution in [-0.4, -0.2) is 6.04 Å². The van der Waals surface area contributed by atoms with Gasteiger partial charge in [-0.15, -0.1) is 0 Å². The number of hydrogen-bond acceptors (Lipinski definition) is 2. The van der Waals surface area contributed by atoms with Gasteiger partial charge >= 0.3 is 0 Å². The number of nitrogens with two attached hydrogens (primary N) is 1. The van der Waals surface area contributed by atoms with Crippen molar-refractivity contribution in [3.05, 3.63) is 23.0 Å². The Hall–Kier alpha value is -0.960. The zero-order chi connectivity index (χ0) is 13.5. The minimum absolute atomic E-state index is 0.0636. The fraction of sp³-hybridized carbons (Fsp3) is 0.571. The molecule has 0 saturated heterocycles. The van der Waals surface area contributed by atoms with Crippen LogP contribution in [0.2, 0.25) is 5.02 Å². The van der Waals surface area contributed by atoms with E-state index < -0.39 is 5.82 Å². The molecule has 1 aromatic rings. The van der Waals surface area contributed by atoms with Crippen molar-refractivity contribution in [1.82, 2.24) is 0 Å². The molecule has 1 unspecified atom stereocenters. The molecule has 4 heteroatoms. The molecule has 102 valence electrons. The summed E-state index contributed by atoms with van der Waals surface area (Å²) in [7, 11) is 0. The number of unbranched alkanes of at least 4 members (excludes halogenated alkanes) is 3. The summed E-state index contributed by atoms with van der Waals surface area (Å²) in [6.45, 7) is 4.27. The molecule has 0 bridgehead atoms. The van der Waals surface area contributed by atoms with Crippen LogP contribution in [0.5, 0.6) is 0 Å². The molecule has 3 N–H and O–H groups in total. The lowest BCUT2D eigenvalue weighted by atomic mass is 10.1. The van der Waals surface area contributed by atoms with Crippen LogP contribution in [0.25, 0.3) is 0 Å². The number of halogens is 2. The second-order valence-corrected chi connectivity index (χ2v) is 5.16. The standard InChI is InChI=1S/C14H22ClFN2/c1-3-4-5-6-7-10(2)18-14-9-12(16)11(15)8-13(14)17/h8-10,18H,3-7,17H2,1-2H3. The molecular weight excluding hydrogens is 251 g/mol. The van der Waals surface area contributed by atoms with E-state index in [0.717, 1.165) is 6.42 Å². The van der Waals surface area contributed by atoms with Gasteiger partial charge in [0.05, 0.1) is 16.4 Å². The Kier molecular flexibility index (Phi) is 6.27. The van der Waals surface area contributed by atoms with Gasteiger partial charge in [0.2, 0.25) is 0 Å². The second kappa shape index (κ2) is 7.47. The lowest BCUT2D eigenvalue weighted by molar-refractivity contribution is 0.593. The van der Waals surface area contributed by atoms with Crippen LogP contribution in [0.15, 0.2) is 12.1 Å². The second-order valence-electron chi connectivity index (χ2n) is 4.75. The van der Waals surface area contributed by atoms with Crippen molar-refractivity contribution in [2.24, 2.45) is 0 Å². The largest absolute Gasteiger partial charge is 0.397 e. The summed E-state index contributed by atoms with van der Waals surface area (Å²) in [5.41, 5.74) is 6.91. The quantitative estimate of drug-likeness (QED) is 0.551. The molecule has 18 heavy (non-hydrogen) atoms. The number of benzene rings is 1. The van der Waals surface area contributed by atoms with Crippen molar-refractivity contribution in [3.63, 3.8) is 0 Å². The lowest BCUT2D eigenvalue weighted by Crippen LogP contribution is -2.16. The zero-order valence-corrected chi connectivity index (χ0v) is 11.9. The fourth-order valence-electron chi connectivity index (χ4n) is 1.90. The van der Waals surface area contributed by atoms with Crippen LogP contribution >= 0.6 is 11.6 Å². The van der Waals surface area contributed by atoms with E-state index >= 15 is 0 Å². The Bertz CT molecular complexity index is 382. The number of hydrogen-bond donors (Lipinski definition) is 2. The predicted octanol–water partition coefficient (Wildman–Crippen LogP) is 4.83. The van der Waals surface area contributed by atoms with Crippen molar-refractivity contribution in [2.75, 3.05) is 11.1 Å². The monoisotopic (exact) mass is 272 g/mol. The van der Waals surface area contributed by atoms with Gasteiger partial charge in [0, 0.05) is 12.1 Å². The van der Waals surface area contributed by atoms with E-state index in [4.69, 9.17) is 17.3 Å². The molecule has 1 rings (SSSR count). The van der Waals surface area contributed by atoms with Crippen LogP contribution in [-0.2, 0) is 0 Å². The van der Waals surface area contributed by atoms with Gasteiger partial charge in [-0.25, -0.2) is 4.39 Å². The first-order valence-corrected chi connectivity index (χ1v) is 6.93. The molecule has 0 aliphatic heterocycles. The van der Waals surface area contributed by atoms with E-state index in [9.17, 15) is 4.39 Å². The molecule has 0 aliphatic rings. The third kappa shape index (κ3) is 4.73. The van der Waals surface area contributed by atoms with E-state index in [1.54, 1.807) is 0 Å². The third-order valence-electron chi connectivity index (χ3n) is 2.99. The summed E-state index contributed by atoms with van der Waals surface area (Å²) in [6, 6.07) is 3.09. The summed E-state index contributed by atoms with van der Waals surface area (Å²) in [5, 5.41) is 3.30. The highest BCUT2D eigenvalue weighted by molar-refractivity contribution is 6.31. The van der Waals surface area contributed by atoms with E-state index in [1.165, 1.54) is 37.8 Å². The Balaban J connectivity index is 2.48. The van der Waals surface area contributed by atoms with Crippen molar-refractivity contribution < 1.29 is 4.39 Å². The van der Waals surface area contributed by atoms with Crippen molar-refractivity contribution in [2.45, 2.75) is 52.0 Å². The molecule has 1 atom stereocenters. The van der Waals surface area contributed by atoms with Crippen molar-refractivity contribution in [3.8, 4) is 0 Å². The minimum Gasteiger partial charge on any atom is -0.397 e. The van der Waals surface area contributed by atoms with Crippen LogP contribution < -0.4 is 11.1 Å². The van der Waals surface area contributed by atoms with Gasteiger partial charge in [0.1, 0.15) is 5.82 Å².